The molecule has 7 nitrogen and oxygen atoms in total. The van der Waals surface area contributed by atoms with Crippen molar-refractivity contribution in [3.05, 3.63) is 89.1 Å². The zero-order valence-corrected chi connectivity index (χ0v) is 23.3. The van der Waals surface area contributed by atoms with Gasteiger partial charge in [-0.15, -0.1) is 11.8 Å². The van der Waals surface area contributed by atoms with Crippen LogP contribution in [0.1, 0.15) is 46.0 Å². The standard InChI is InChI=1S/C31H35N5O2S/c1-39-30-28(8-5-13-33-30)31(37)36-18-16-34(17-19-36)22-29(38-23-25-11-9-24(21-32)10-12-25)26-6-4-7-27(20-26)35-14-2-3-15-35/h4-13,20,29H,2-3,14-19,22-23H2,1H3/t29-/m1/s1. The van der Waals surface area contributed by atoms with Gasteiger partial charge in [0.15, 0.2) is 0 Å². The highest BCUT2D eigenvalue weighted by Crippen LogP contribution is 2.28. The number of anilines is 1. The van der Waals surface area contributed by atoms with Crippen LogP contribution in [0.3, 0.4) is 0 Å². The zero-order chi connectivity index (χ0) is 27.0. The Labute approximate surface area is 235 Å². The lowest BCUT2D eigenvalue weighted by atomic mass is 10.1. The normalized spacial score (nSPS) is 16.7. The van der Waals surface area contributed by atoms with E-state index < -0.39 is 0 Å². The van der Waals surface area contributed by atoms with Crippen molar-refractivity contribution in [2.45, 2.75) is 30.6 Å². The van der Waals surface area contributed by atoms with Gasteiger partial charge < -0.3 is 14.5 Å². The van der Waals surface area contributed by atoms with Gasteiger partial charge in [0, 0.05) is 57.7 Å². The third-order valence-electron chi connectivity index (χ3n) is 7.53. The van der Waals surface area contributed by atoms with Crippen LogP contribution in [0.5, 0.6) is 0 Å². The molecule has 2 aliphatic heterocycles. The molecule has 2 fully saturated rings. The molecule has 0 radical (unpaired) electrons. The maximum Gasteiger partial charge on any atom is 0.256 e. The van der Waals surface area contributed by atoms with E-state index in [9.17, 15) is 4.79 Å². The number of thioether (sulfide) groups is 1. The molecule has 0 saturated carbocycles. The number of hydrogen-bond acceptors (Lipinski definition) is 7. The molecule has 1 amide bonds. The molecule has 1 atom stereocenters. The van der Waals surface area contributed by atoms with Crippen molar-refractivity contribution in [3.8, 4) is 6.07 Å². The number of aromatic nitrogens is 1. The number of hydrogen-bond donors (Lipinski definition) is 0. The summed E-state index contributed by atoms with van der Waals surface area (Å²) in [4.78, 5) is 24.4. The van der Waals surface area contributed by atoms with E-state index in [-0.39, 0.29) is 12.0 Å². The number of nitrogens with zero attached hydrogens (tertiary/aromatic N) is 5. The summed E-state index contributed by atoms with van der Waals surface area (Å²) in [5.74, 6) is 0.0547. The molecule has 0 N–H and O–H groups in total. The second kappa shape index (κ2) is 13.1. The second-order valence-corrected chi connectivity index (χ2v) is 10.8. The first-order valence-electron chi connectivity index (χ1n) is 13.6. The summed E-state index contributed by atoms with van der Waals surface area (Å²) in [5, 5.41) is 9.89. The quantitative estimate of drug-likeness (QED) is 0.353. The van der Waals surface area contributed by atoms with E-state index >= 15 is 0 Å². The molecule has 2 aromatic carbocycles. The van der Waals surface area contributed by atoms with E-state index in [4.69, 9.17) is 10.00 Å². The van der Waals surface area contributed by atoms with Crippen LogP contribution < -0.4 is 4.90 Å². The molecule has 3 aromatic rings. The van der Waals surface area contributed by atoms with Gasteiger partial charge in [-0.3, -0.25) is 9.69 Å². The number of benzene rings is 2. The Balaban J connectivity index is 1.27. The summed E-state index contributed by atoms with van der Waals surface area (Å²) in [7, 11) is 0. The Morgan fingerprint density at radius 2 is 1.79 bits per heavy atom. The minimum absolute atomic E-state index is 0.0547. The van der Waals surface area contributed by atoms with Crippen LogP contribution in [0.4, 0.5) is 5.69 Å². The number of pyridine rings is 1. The molecule has 1 aromatic heterocycles. The molecule has 0 unspecified atom stereocenters. The average molecular weight is 542 g/mol. The molecule has 2 saturated heterocycles. The highest BCUT2D eigenvalue weighted by molar-refractivity contribution is 7.98. The number of carbonyl (C=O) groups excluding carboxylic acids is 1. The number of piperazine rings is 1. The predicted molar refractivity (Wildman–Crippen MR) is 155 cm³/mol. The van der Waals surface area contributed by atoms with Crippen LogP contribution in [-0.2, 0) is 11.3 Å². The van der Waals surface area contributed by atoms with Gasteiger partial charge in [0.1, 0.15) is 5.03 Å². The Morgan fingerprint density at radius 3 is 2.51 bits per heavy atom. The lowest BCUT2D eigenvalue weighted by Crippen LogP contribution is -2.49. The lowest BCUT2D eigenvalue weighted by Gasteiger charge is -2.36. The Hall–Kier alpha value is -3.38. The molecule has 0 spiro atoms. The molecule has 3 heterocycles. The van der Waals surface area contributed by atoms with Gasteiger partial charge in [0.25, 0.3) is 5.91 Å². The fourth-order valence-electron chi connectivity index (χ4n) is 5.28. The first-order chi connectivity index (χ1) is 19.1. The average Bonchev–Trinajstić information content (AvgIpc) is 3.55. The molecule has 0 bridgehead atoms. The number of ether oxygens (including phenoxy) is 1. The first kappa shape index (κ1) is 27.2. The Morgan fingerprint density at radius 1 is 1.03 bits per heavy atom. The van der Waals surface area contributed by atoms with Crippen LogP contribution in [0.25, 0.3) is 0 Å². The highest BCUT2D eigenvalue weighted by Gasteiger charge is 2.26. The van der Waals surface area contributed by atoms with Crippen molar-refractivity contribution in [2.75, 3.05) is 57.0 Å². The van der Waals surface area contributed by atoms with Gasteiger partial charge in [-0.2, -0.15) is 5.26 Å². The SMILES string of the molecule is CSc1ncccc1C(=O)N1CCN(C[C@@H](OCc2ccc(C#N)cc2)c2cccc(N3CCCC3)c2)CC1. The molecule has 0 aliphatic carbocycles. The molecule has 202 valence electrons. The topological polar surface area (TPSA) is 72.7 Å². The van der Waals surface area contributed by atoms with Gasteiger partial charge in [0.2, 0.25) is 0 Å². The van der Waals surface area contributed by atoms with Crippen LogP contribution in [0, 0.1) is 11.3 Å². The molecular weight excluding hydrogens is 506 g/mol. The summed E-state index contributed by atoms with van der Waals surface area (Å²) >= 11 is 1.51. The smallest absolute Gasteiger partial charge is 0.256 e. The van der Waals surface area contributed by atoms with Gasteiger partial charge in [-0.05, 0) is 66.6 Å². The summed E-state index contributed by atoms with van der Waals surface area (Å²) in [6.45, 7) is 6.38. The number of carbonyl (C=O) groups is 1. The number of amides is 1. The lowest BCUT2D eigenvalue weighted by molar-refractivity contribution is 0.00339. The molecule has 5 rings (SSSR count). The van der Waals surface area contributed by atoms with Crippen LogP contribution >= 0.6 is 11.8 Å². The third kappa shape index (κ3) is 6.80. The Kier molecular flexibility index (Phi) is 9.15. The summed E-state index contributed by atoms with van der Waals surface area (Å²) in [6.07, 6.45) is 6.06. The van der Waals surface area contributed by atoms with Crippen LogP contribution in [0.2, 0.25) is 0 Å². The van der Waals surface area contributed by atoms with Crippen molar-refractivity contribution in [1.29, 1.82) is 5.26 Å². The van der Waals surface area contributed by atoms with E-state index in [1.807, 2.05) is 47.6 Å². The largest absolute Gasteiger partial charge is 0.372 e. The van der Waals surface area contributed by atoms with Crippen LogP contribution in [-0.4, -0.2) is 72.8 Å². The van der Waals surface area contributed by atoms with E-state index in [2.05, 4.69) is 45.1 Å². The summed E-state index contributed by atoms with van der Waals surface area (Å²) in [5.41, 5.74) is 4.81. The van der Waals surface area contributed by atoms with Crippen molar-refractivity contribution in [1.82, 2.24) is 14.8 Å². The van der Waals surface area contributed by atoms with E-state index in [0.717, 1.165) is 43.3 Å². The third-order valence-corrected chi connectivity index (χ3v) is 8.24. The van der Waals surface area contributed by atoms with Crippen molar-refractivity contribution in [2.24, 2.45) is 0 Å². The van der Waals surface area contributed by atoms with Crippen LogP contribution in [0.15, 0.2) is 71.9 Å². The van der Waals surface area contributed by atoms with Gasteiger partial charge in [-0.1, -0.05) is 24.3 Å². The van der Waals surface area contributed by atoms with E-state index in [0.29, 0.717) is 30.8 Å². The molecular formula is C31H35N5O2S. The maximum atomic E-state index is 13.2. The number of rotatable bonds is 9. The van der Waals surface area contributed by atoms with Gasteiger partial charge >= 0.3 is 0 Å². The van der Waals surface area contributed by atoms with Crippen molar-refractivity contribution >= 4 is 23.4 Å². The molecule has 8 heteroatoms. The summed E-state index contributed by atoms with van der Waals surface area (Å²) in [6, 6.07) is 22.2. The van der Waals surface area contributed by atoms with Gasteiger partial charge in [0.05, 0.1) is 29.9 Å². The highest BCUT2D eigenvalue weighted by atomic mass is 32.2. The minimum atomic E-state index is -0.105. The molecule has 39 heavy (non-hydrogen) atoms. The summed E-state index contributed by atoms with van der Waals surface area (Å²) < 4.78 is 6.55. The van der Waals surface area contributed by atoms with Crippen molar-refractivity contribution < 1.29 is 9.53 Å². The first-order valence-corrected chi connectivity index (χ1v) is 14.8. The fourth-order valence-corrected chi connectivity index (χ4v) is 5.82. The fraction of sp³-hybridized carbons (Fsp3) is 0.387. The minimum Gasteiger partial charge on any atom is -0.372 e. The Bertz CT molecular complexity index is 1290. The monoisotopic (exact) mass is 541 g/mol. The van der Waals surface area contributed by atoms with E-state index in [1.165, 1.54) is 35.9 Å². The second-order valence-electron chi connectivity index (χ2n) is 10.1. The molecule has 2 aliphatic rings. The predicted octanol–water partition coefficient (Wildman–Crippen LogP) is 4.99. The zero-order valence-electron chi connectivity index (χ0n) is 22.5. The maximum absolute atomic E-state index is 13.2. The number of nitriles is 1. The van der Waals surface area contributed by atoms with Gasteiger partial charge in [-0.25, -0.2) is 4.98 Å². The van der Waals surface area contributed by atoms with E-state index in [1.54, 1.807) is 6.20 Å². The van der Waals surface area contributed by atoms with Crippen molar-refractivity contribution in [3.63, 3.8) is 0 Å².